The third-order valence-corrected chi connectivity index (χ3v) is 3.98. The molecule has 0 aromatic heterocycles. The molecule has 2 aromatic carbocycles. The van der Waals surface area contributed by atoms with Gasteiger partial charge in [0.15, 0.2) is 0 Å². The number of rotatable bonds is 3. The van der Waals surface area contributed by atoms with Crippen molar-refractivity contribution in [1.82, 2.24) is 0 Å². The van der Waals surface area contributed by atoms with E-state index < -0.39 is 4.92 Å². The lowest BCUT2D eigenvalue weighted by Gasteiger charge is -2.06. The van der Waals surface area contributed by atoms with E-state index in [1.165, 1.54) is 17.8 Å². The van der Waals surface area contributed by atoms with Crippen LogP contribution in [0.1, 0.15) is 5.56 Å². The van der Waals surface area contributed by atoms with E-state index >= 15 is 0 Å². The zero-order chi connectivity index (χ0) is 13.1. The number of para-hydroxylation sites is 1. The molecule has 0 aliphatic carbocycles. The predicted octanol–water partition coefficient (Wildman–Crippen LogP) is 4.71. The highest BCUT2D eigenvalue weighted by molar-refractivity contribution is 7.99. The van der Waals surface area contributed by atoms with E-state index in [1.54, 1.807) is 12.1 Å². The Kier molecular flexibility index (Phi) is 3.89. The van der Waals surface area contributed by atoms with Gasteiger partial charge in [-0.15, -0.1) is 0 Å². The molecule has 2 rings (SSSR count). The van der Waals surface area contributed by atoms with Crippen LogP contribution in [0.15, 0.2) is 52.3 Å². The fraction of sp³-hybridized carbons (Fsp3) is 0.0769. The molecule has 18 heavy (non-hydrogen) atoms. The number of hydrogen-bond donors (Lipinski definition) is 0. The van der Waals surface area contributed by atoms with Crippen molar-refractivity contribution in [2.45, 2.75) is 16.7 Å². The third kappa shape index (κ3) is 2.66. The summed E-state index contributed by atoms with van der Waals surface area (Å²) in [7, 11) is 0. The lowest BCUT2D eigenvalue weighted by atomic mass is 10.2. The second kappa shape index (κ2) is 5.42. The van der Waals surface area contributed by atoms with Gasteiger partial charge in [0.2, 0.25) is 0 Å². The minimum Gasteiger partial charge on any atom is -0.258 e. The standard InChI is InChI=1S/C13H10ClNO2S/c1-9-5-2-3-7-11(9)18-12-8-4-6-10(14)13(12)15(16)17/h2-8H,1H3. The molecular weight excluding hydrogens is 270 g/mol. The summed E-state index contributed by atoms with van der Waals surface area (Å²) in [4.78, 5) is 12.1. The Labute approximate surface area is 114 Å². The van der Waals surface area contributed by atoms with Crippen molar-refractivity contribution in [2.75, 3.05) is 0 Å². The van der Waals surface area contributed by atoms with Gasteiger partial charge < -0.3 is 0 Å². The monoisotopic (exact) mass is 279 g/mol. The van der Waals surface area contributed by atoms with E-state index in [4.69, 9.17) is 11.6 Å². The maximum Gasteiger partial charge on any atom is 0.301 e. The lowest BCUT2D eigenvalue weighted by Crippen LogP contribution is -1.92. The van der Waals surface area contributed by atoms with Crippen molar-refractivity contribution in [3.8, 4) is 0 Å². The predicted molar refractivity (Wildman–Crippen MR) is 73.4 cm³/mol. The SMILES string of the molecule is Cc1ccccc1Sc1cccc(Cl)c1[N+](=O)[O-]. The summed E-state index contributed by atoms with van der Waals surface area (Å²) in [5.41, 5.74) is 1.05. The molecule has 0 saturated carbocycles. The van der Waals surface area contributed by atoms with E-state index in [-0.39, 0.29) is 10.7 Å². The van der Waals surface area contributed by atoms with Crippen LogP contribution in [0.25, 0.3) is 0 Å². The topological polar surface area (TPSA) is 43.1 Å². The van der Waals surface area contributed by atoms with Crippen LogP contribution < -0.4 is 0 Å². The molecule has 0 atom stereocenters. The summed E-state index contributed by atoms with van der Waals surface area (Å²) < 4.78 is 0. The minimum atomic E-state index is -0.442. The van der Waals surface area contributed by atoms with Crippen LogP contribution in [0.5, 0.6) is 0 Å². The maximum atomic E-state index is 11.0. The molecule has 0 saturated heterocycles. The van der Waals surface area contributed by atoms with Crippen LogP contribution in [-0.2, 0) is 0 Å². The van der Waals surface area contributed by atoms with Gasteiger partial charge in [0, 0.05) is 4.90 Å². The molecule has 0 heterocycles. The first-order chi connectivity index (χ1) is 8.59. The average Bonchev–Trinajstić information content (AvgIpc) is 2.31. The normalized spacial score (nSPS) is 10.3. The van der Waals surface area contributed by atoms with Gasteiger partial charge >= 0.3 is 5.69 Å². The van der Waals surface area contributed by atoms with E-state index in [2.05, 4.69) is 0 Å². The molecule has 2 aromatic rings. The molecule has 0 radical (unpaired) electrons. The Hall–Kier alpha value is -1.52. The number of halogens is 1. The minimum absolute atomic E-state index is 0.0348. The van der Waals surface area contributed by atoms with Gasteiger partial charge in [-0.05, 0) is 30.7 Å². The van der Waals surface area contributed by atoms with Crippen LogP contribution in [0.3, 0.4) is 0 Å². The molecule has 0 bridgehead atoms. The second-order valence-electron chi connectivity index (χ2n) is 3.71. The van der Waals surface area contributed by atoms with Crippen molar-refractivity contribution in [2.24, 2.45) is 0 Å². The van der Waals surface area contributed by atoms with Crippen LogP contribution in [0, 0.1) is 17.0 Å². The first-order valence-corrected chi connectivity index (χ1v) is 6.45. The zero-order valence-corrected chi connectivity index (χ0v) is 11.2. The fourth-order valence-electron chi connectivity index (χ4n) is 1.54. The Morgan fingerprint density at radius 2 is 1.78 bits per heavy atom. The maximum absolute atomic E-state index is 11.0. The Bertz CT molecular complexity index is 601. The van der Waals surface area contributed by atoms with Crippen molar-refractivity contribution >= 4 is 29.1 Å². The molecule has 0 unspecified atom stereocenters. The van der Waals surface area contributed by atoms with E-state index in [0.717, 1.165) is 10.5 Å². The molecule has 0 fully saturated rings. The number of benzene rings is 2. The largest absolute Gasteiger partial charge is 0.301 e. The molecule has 0 aliphatic rings. The van der Waals surface area contributed by atoms with Crippen molar-refractivity contribution in [1.29, 1.82) is 0 Å². The summed E-state index contributed by atoms with van der Waals surface area (Å²) in [6.45, 7) is 1.97. The van der Waals surface area contributed by atoms with Crippen molar-refractivity contribution in [3.63, 3.8) is 0 Å². The second-order valence-corrected chi connectivity index (χ2v) is 5.20. The van der Waals surface area contributed by atoms with Crippen molar-refractivity contribution in [3.05, 3.63) is 63.2 Å². The van der Waals surface area contributed by atoms with Gasteiger partial charge in [-0.3, -0.25) is 10.1 Å². The lowest BCUT2D eigenvalue weighted by molar-refractivity contribution is -0.387. The van der Waals surface area contributed by atoms with Crippen LogP contribution in [-0.4, -0.2) is 4.92 Å². The summed E-state index contributed by atoms with van der Waals surface area (Å²) >= 11 is 7.23. The van der Waals surface area contributed by atoms with Gasteiger partial charge in [-0.2, -0.15) is 0 Å². The quantitative estimate of drug-likeness (QED) is 0.604. The van der Waals surface area contributed by atoms with Gasteiger partial charge in [0.25, 0.3) is 0 Å². The van der Waals surface area contributed by atoms with E-state index in [1.807, 2.05) is 31.2 Å². The highest BCUT2D eigenvalue weighted by Gasteiger charge is 2.19. The molecular formula is C13H10ClNO2S. The number of nitrogens with zero attached hydrogens (tertiary/aromatic N) is 1. The zero-order valence-electron chi connectivity index (χ0n) is 9.59. The van der Waals surface area contributed by atoms with Gasteiger partial charge in [-0.25, -0.2) is 0 Å². The van der Waals surface area contributed by atoms with Crippen molar-refractivity contribution < 1.29 is 4.92 Å². The molecule has 0 amide bonds. The first-order valence-electron chi connectivity index (χ1n) is 5.26. The molecule has 92 valence electrons. The molecule has 0 N–H and O–H groups in total. The highest BCUT2D eigenvalue weighted by Crippen LogP contribution is 2.39. The smallest absolute Gasteiger partial charge is 0.258 e. The Morgan fingerprint density at radius 1 is 1.11 bits per heavy atom. The van der Waals surface area contributed by atoms with Gasteiger partial charge in [-0.1, -0.05) is 47.6 Å². The molecule has 5 heteroatoms. The van der Waals surface area contributed by atoms with Crippen LogP contribution in [0.4, 0.5) is 5.69 Å². The third-order valence-electron chi connectivity index (χ3n) is 2.45. The first kappa shape index (κ1) is 12.9. The average molecular weight is 280 g/mol. The van der Waals surface area contributed by atoms with E-state index in [0.29, 0.717) is 4.90 Å². The summed E-state index contributed by atoms with van der Waals surface area (Å²) in [5, 5.41) is 11.2. The Morgan fingerprint density at radius 3 is 2.44 bits per heavy atom. The highest BCUT2D eigenvalue weighted by atomic mass is 35.5. The van der Waals surface area contributed by atoms with Gasteiger partial charge in [0.05, 0.1) is 9.82 Å². The summed E-state index contributed by atoms with van der Waals surface area (Å²) in [6, 6.07) is 12.7. The van der Waals surface area contributed by atoms with Gasteiger partial charge in [0.1, 0.15) is 5.02 Å². The molecule has 0 aliphatic heterocycles. The fourth-order valence-corrected chi connectivity index (χ4v) is 2.88. The number of nitro groups is 1. The van der Waals surface area contributed by atoms with Crippen LogP contribution >= 0.6 is 23.4 Å². The summed E-state index contributed by atoms with van der Waals surface area (Å²) in [6.07, 6.45) is 0. The number of nitro benzene ring substituents is 1. The number of aryl methyl sites for hydroxylation is 1. The number of hydrogen-bond acceptors (Lipinski definition) is 3. The van der Waals surface area contributed by atoms with E-state index in [9.17, 15) is 10.1 Å². The van der Waals surface area contributed by atoms with Crippen LogP contribution in [0.2, 0.25) is 5.02 Å². The summed E-state index contributed by atoms with van der Waals surface area (Å²) in [5.74, 6) is 0. The molecule has 0 spiro atoms. The Balaban J connectivity index is 2.44. The molecule has 3 nitrogen and oxygen atoms in total.